The highest BCUT2D eigenvalue weighted by molar-refractivity contribution is 5.96. The fourth-order valence-corrected chi connectivity index (χ4v) is 5.96. The summed E-state index contributed by atoms with van der Waals surface area (Å²) < 4.78 is 21.0. The van der Waals surface area contributed by atoms with Crippen molar-refractivity contribution < 1.29 is 9.13 Å². The molecule has 0 radical (unpaired) electrons. The molecule has 2 unspecified atom stereocenters. The van der Waals surface area contributed by atoms with Crippen LogP contribution < -0.4 is 21.1 Å². The number of pyridine rings is 1. The third-order valence-electron chi connectivity index (χ3n) is 7.79. The number of nitrogens with one attached hydrogen (secondary N) is 2. The second-order valence-corrected chi connectivity index (χ2v) is 9.89. The number of fused-ring (bicyclic) bond motifs is 7. The van der Waals surface area contributed by atoms with Crippen LogP contribution in [0.4, 0.5) is 27.4 Å². The number of ether oxygens (including phenoxy) is 1. The van der Waals surface area contributed by atoms with Crippen LogP contribution in [-0.4, -0.2) is 46.6 Å². The zero-order valence-electron chi connectivity index (χ0n) is 20.1. The van der Waals surface area contributed by atoms with Crippen LogP contribution in [0.1, 0.15) is 35.1 Å². The highest BCUT2D eigenvalue weighted by Crippen LogP contribution is 2.50. The minimum atomic E-state index is -0.508. The Labute approximate surface area is 207 Å². The number of nitrogen functional groups attached to an aromatic ring is 1. The van der Waals surface area contributed by atoms with E-state index in [1.165, 1.54) is 17.5 Å². The number of aromatic nitrogens is 3. The van der Waals surface area contributed by atoms with Crippen LogP contribution in [0.2, 0.25) is 0 Å². The van der Waals surface area contributed by atoms with Crippen LogP contribution in [0.15, 0.2) is 36.7 Å². The molecule has 9 heteroatoms. The lowest BCUT2D eigenvalue weighted by Gasteiger charge is -2.25. The van der Waals surface area contributed by atoms with E-state index in [-0.39, 0.29) is 5.69 Å². The monoisotopic (exact) mass is 483 g/mol. The number of hydrogen-bond acceptors (Lipinski definition) is 8. The van der Waals surface area contributed by atoms with E-state index in [0.717, 1.165) is 23.5 Å². The van der Waals surface area contributed by atoms with E-state index in [2.05, 4.69) is 50.7 Å². The van der Waals surface area contributed by atoms with Crippen molar-refractivity contribution in [2.75, 3.05) is 43.1 Å². The second kappa shape index (κ2) is 7.76. The molecule has 2 bridgehead atoms. The molecule has 4 aromatic rings. The first-order valence-electron chi connectivity index (χ1n) is 12.2. The summed E-state index contributed by atoms with van der Waals surface area (Å²) in [5, 5.41) is 7.10. The molecule has 1 fully saturated rings. The molecule has 0 amide bonds. The molecule has 1 aliphatic carbocycles. The van der Waals surface area contributed by atoms with Gasteiger partial charge in [-0.1, -0.05) is 6.07 Å². The predicted molar refractivity (Wildman–Crippen MR) is 138 cm³/mol. The number of nitrogens with two attached hydrogens (primary N) is 1. The van der Waals surface area contributed by atoms with Crippen molar-refractivity contribution in [3.8, 4) is 17.0 Å². The van der Waals surface area contributed by atoms with Crippen molar-refractivity contribution >= 4 is 33.9 Å². The average Bonchev–Trinajstić information content (AvgIpc) is 3.44. The Morgan fingerprint density at radius 2 is 2.06 bits per heavy atom. The minimum Gasteiger partial charge on any atom is -0.474 e. The van der Waals surface area contributed by atoms with Crippen LogP contribution in [0.5, 0.6) is 5.88 Å². The molecule has 8 nitrogen and oxygen atoms in total. The number of halogens is 1. The van der Waals surface area contributed by atoms with E-state index in [1.807, 2.05) is 6.92 Å². The predicted octanol–water partition coefficient (Wildman–Crippen LogP) is 4.74. The van der Waals surface area contributed by atoms with Gasteiger partial charge in [-0.3, -0.25) is 4.90 Å². The molecule has 182 valence electrons. The topological polar surface area (TPSA) is 101 Å². The standard InChI is InChI=1S/C27H26FN7O/c1-13-19(10-31-26-25(13)30-5-6-36-26)18-9-21-20(24(29)23(18)28)11-32-27(34-21)33-15-3-4-16-14-7-22(17(16)8-15)35(2)12-14/h3-4,8-11,14,22,30H,5-7,12,29H2,1-2H3,(H,32,33,34). The first kappa shape index (κ1) is 21.3. The SMILES string of the molecule is Cc1c(-c2cc3nc(Nc4ccc5c(c4)C4CC5CN4C)ncc3c(N)c2F)cnc2c1NCCO2. The Hall–Kier alpha value is -3.98. The zero-order valence-corrected chi connectivity index (χ0v) is 20.1. The second-order valence-electron chi connectivity index (χ2n) is 9.89. The van der Waals surface area contributed by atoms with E-state index < -0.39 is 5.82 Å². The van der Waals surface area contributed by atoms with E-state index >= 15 is 4.39 Å². The molecule has 2 aromatic carbocycles. The summed E-state index contributed by atoms with van der Waals surface area (Å²) in [5.41, 5.74) is 13.2. The molecule has 1 saturated heterocycles. The summed E-state index contributed by atoms with van der Waals surface area (Å²) >= 11 is 0. The van der Waals surface area contributed by atoms with Gasteiger partial charge in [-0.15, -0.1) is 0 Å². The van der Waals surface area contributed by atoms with Gasteiger partial charge in [-0.05, 0) is 61.2 Å². The third-order valence-corrected chi connectivity index (χ3v) is 7.79. The molecular weight excluding hydrogens is 457 g/mol. The van der Waals surface area contributed by atoms with Crippen molar-refractivity contribution in [1.82, 2.24) is 19.9 Å². The quantitative estimate of drug-likeness (QED) is 0.359. The molecular formula is C27H26FN7O. The van der Waals surface area contributed by atoms with Crippen LogP contribution in [-0.2, 0) is 0 Å². The first-order chi connectivity index (χ1) is 17.5. The van der Waals surface area contributed by atoms with Crippen LogP contribution in [0, 0.1) is 12.7 Å². The number of nitrogens with zero attached hydrogens (tertiary/aromatic N) is 4. The maximum absolute atomic E-state index is 15.4. The van der Waals surface area contributed by atoms with Crippen LogP contribution >= 0.6 is 0 Å². The Kier molecular flexibility index (Phi) is 4.59. The maximum Gasteiger partial charge on any atom is 0.237 e. The van der Waals surface area contributed by atoms with Crippen molar-refractivity contribution in [3.05, 3.63) is 59.2 Å². The Bertz CT molecular complexity index is 1560. The zero-order chi connectivity index (χ0) is 24.6. The molecule has 4 heterocycles. The van der Waals surface area contributed by atoms with Crippen LogP contribution in [0.3, 0.4) is 0 Å². The smallest absolute Gasteiger partial charge is 0.237 e. The summed E-state index contributed by atoms with van der Waals surface area (Å²) in [5.74, 6) is 1.08. The molecule has 2 aliphatic heterocycles. The lowest BCUT2D eigenvalue weighted by Crippen LogP contribution is -2.22. The summed E-state index contributed by atoms with van der Waals surface area (Å²) in [7, 11) is 2.18. The van der Waals surface area contributed by atoms with Gasteiger partial charge in [0.05, 0.1) is 11.2 Å². The number of likely N-dealkylation sites (tertiary alicyclic amines) is 1. The number of rotatable bonds is 3. The Morgan fingerprint density at radius 1 is 1.17 bits per heavy atom. The van der Waals surface area contributed by atoms with Gasteiger partial charge in [0.25, 0.3) is 0 Å². The van der Waals surface area contributed by atoms with Gasteiger partial charge in [-0.2, -0.15) is 0 Å². The molecule has 4 N–H and O–H groups in total. The fraction of sp³-hybridized carbons (Fsp3) is 0.296. The highest BCUT2D eigenvalue weighted by Gasteiger charge is 2.40. The van der Waals surface area contributed by atoms with Crippen molar-refractivity contribution in [2.24, 2.45) is 0 Å². The average molecular weight is 484 g/mol. The largest absolute Gasteiger partial charge is 0.474 e. The number of likely N-dealkylation sites (N-methyl/N-ethyl adjacent to an activating group) is 1. The van der Waals surface area contributed by atoms with Gasteiger partial charge in [0.15, 0.2) is 5.82 Å². The first-order valence-corrected chi connectivity index (χ1v) is 12.2. The molecule has 0 saturated carbocycles. The fourth-order valence-electron chi connectivity index (χ4n) is 5.96. The maximum atomic E-state index is 15.4. The van der Waals surface area contributed by atoms with Crippen molar-refractivity contribution in [1.29, 1.82) is 0 Å². The van der Waals surface area contributed by atoms with E-state index in [4.69, 9.17) is 15.5 Å². The number of benzene rings is 2. The van der Waals surface area contributed by atoms with Gasteiger partial charge in [0.2, 0.25) is 11.8 Å². The lowest BCUT2D eigenvalue weighted by atomic mass is 9.98. The van der Waals surface area contributed by atoms with E-state index in [1.54, 1.807) is 18.5 Å². The van der Waals surface area contributed by atoms with E-state index in [9.17, 15) is 0 Å². The Morgan fingerprint density at radius 3 is 2.94 bits per heavy atom. The molecule has 0 spiro atoms. The molecule has 7 rings (SSSR count). The van der Waals surface area contributed by atoms with Gasteiger partial charge in [0, 0.05) is 53.7 Å². The summed E-state index contributed by atoms with van der Waals surface area (Å²) in [6.07, 6.45) is 4.39. The molecule has 36 heavy (non-hydrogen) atoms. The number of anilines is 4. The lowest BCUT2D eigenvalue weighted by molar-refractivity contribution is 0.307. The van der Waals surface area contributed by atoms with Crippen molar-refractivity contribution in [3.63, 3.8) is 0 Å². The third kappa shape index (κ3) is 3.12. The Balaban J connectivity index is 1.27. The summed E-state index contributed by atoms with van der Waals surface area (Å²) in [4.78, 5) is 15.9. The van der Waals surface area contributed by atoms with Gasteiger partial charge >= 0.3 is 0 Å². The summed E-state index contributed by atoms with van der Waals surface area (Å²) in [6.45, 7) is 4.26. The molecule has 2 atom stereocenters. The normalized spacial score (nSPS) is 20.1. The molecule has 3 aliphatic rings. The highest BCUT2D eigenvalue weighted by atomic mass is 19.1. The van der Waals surface area contributed by atoms with E-state index in [0.29, 0.717) is 59.0 Å². The number of hydrogen-bond donors (Lipinski definition) is 3. The minimum absolute atomic E-state index is 0.0203. The summed E-state index contributed by atoms with van der Waals surface area (Å²) in [6, 6.07) is 8.68. The van der Waals surface area contributed by atoms with Crippen molar-refractivity contribution in [2.45, 2.75) is 25.3 Å². The molecule has 2 aromatic heterocycles. The van der Waals surface area contributed by atoms with Crippen LogP contribution in [0.25, 0.3) is 22.0 Å². The van der Waals surface area contributed by atoms with Gasteiger partial charge < -0.3 is 21.1 Å². The van der Waals surface area contributed by atoms with Gasteiger partial charge in [0.1, 0.15) is 12.3 Å². The van der Waals surface area contributed by atoms with Gasteiger partial charge in [-0.25, -0.2) is 19.3 Å².